The lowest BCUT2D eigenvalue weighted by Gasteiger charge is -2.13. The second-order valence-electron chi connectivity index (χ2n) is 5.57. The lowest BCUT2D eigenvalue weighted by molar-refractivity contribution is 0.0653. The van der Waals surface area contributed by atoms with E-state index in [0.29, 0.717) is 22.8 Å². The molecule has 0 aromatic heterocycles. The molecule has 0 radical (unpaired) electrons. The number of carboxylic acid groups (broad SMARTS) is 2. The molecule has 0 aliphatic carbocycles. The van der Waals surface area contributed by atoms with Crippen LogP contribution in [-0.2, 0) is 6.42 Å². The van der Waals surface area contributed by atoms with Gasteiger partial charge >= 0.3 is 11.9 Å². The molecule has 0 bridgehead atoms. The van der Waals surface area contributed by atoms with Crippen molar-refractivity contribution in [3.8, 4) is 5.75 Å². The van der Waals surface area contributed by atoms with Gasteiger partial charge in [0.2, 0.25) is 0 Å². The molecule has 5 nitrogen and oxygen atoms in total. The molecule has 0 aliphatic heterocycles. The number of hydrogen-bond donors (Lipinski definition) is 3. The van der Waals surface area contributed by atoms with Gasteiger partial charge in [0, 0.05) is 10.9 Å². The fourth-order valence-corrected chi connectivity index (χ4v) is 2.86. The number of aromatic carboxylic acids is 2. The highest BCUT2D eigenvalue weighted by atomic mass is 16.4. The van der Waals surface area contributed by atoms with Crippen molar-refractivity contribution in [3.05, 3.63) is 41.0 Å². The molecule has 0 spiro atoms. The van der Waals surface area contributed by atoms with Crippen LogP contribution >= 0.6 is 0 Å². The minimum atomic E-state index is -1.30. The second kappa shape index (κ2) is 7.13. The molecule has 0 fully saturated rings. The molecule has 2 aromatic rings. The Kier molecular flexibility index (Phi) is 5.21. The van der Waals surface area contributed by atoms with Crippen LogP contribution in [0.15, 0.2) is 24.3 Å². The Labute approximate surface area is 134 Å². The van der Waals surface area contributed by atoms with Crippen molar-refractivity contribution in [2.75, 3.05) is 0 Å². The van der Waals surface area contributed by atoms with Gasteiger partial charge in [0.25, 0.3) is 0 Å². The van der Waals surface area contributed by atoms with Crippen molar-refractivity contribution < 1.29 is 24.9 Å². The van der Waals surface area contributed by atoms with Crippen LogP contribution in [0.5, 0.6) is 5.75 Å². The lowest BCUT2D eigenvalue weighted by atomic mass is 9.92. The highest BCUT2D eigenvalue weighted by molar-refractivity contribution is 6.13. The van der Waals surface area contributed by atoms with Crippen molar-refractivity contribution in [2.45, 2.75) is 39.0 Å². The van der Waals surface area contributed by atoms with Gasteiger partial charge in [-0.15, -0.1) is 0 Å². The topological polar surface area (TPSA) is 94.8 Å². The third-order valence-electron chi connectivity index (χ3n) is 3.99. The summed E-state index contributed by atoms with van der Waals surface area (Å²) >= 11 is 0. The molecule has 5 heteroatoms. The molecule has 23 heavy (non-hydrogen) atoms. The van der Waals surface area contributed by atoms with Crippen molar-refractivity contribution in [1.29, 1.82) is 0 Å². The maximum absolute atomic E-state index is 11.6. The molecule has 0 saturated heterocycles. The zero-order chi connectivity index (χ0) is 17.0. The van der Waals surface area contributed by atoms with Crippen LogP contribution in [0.2, 0.25) is 0 Å². The van der Waals surface area contributed by atoms with Crippen LogP contribution in [0, 0.1) is 0 Å². The zero-order valence-corrected chi connectivity index (χ0v) is 13.0. The van der Waals surface area contributed by atoms with Crippen molar-refractivity contribution >= 4 is 22.7 Å². The SMILES string of the molecule is CCCCCCc1c(O)ccc2ccc(C(=O)O)c(C(=O)O)c12. The Hall–Kier alpha value is -2.56. The quantitative estimate of drug-likeness (QED) is 0.669. The van der Waals surface area contributed by atoms with Gasteiger partial charge in [-0.05, 0) is 30.4 Å². The van der Waals surface area contributed by atoms with E-state index in [-0.39, 0.29) is 16.9 Å². The van der Waals surface area contributed by atoms with Crippen molar-refractivity contribution in [2.24, 2.45) is 0 Å². The Morgan fingerprint density at radius 2 is 1.65 bits per heavy atom. The monoisotopic (exact) mass is 316 g/mol. The number of unbranched alkanes of at least 4 members (excludes halogenated alkanes) is 3. The lowest BCUT2D eigenvalue weighted by Crippen LogP contribution is -2.10. The van der Waals surface area contributed by atoms with Gasteiger partial charge in [0.05, 0.1) is 11.1 Å². The Balaban J connectivity index is 2.64. The molecule has 0 saturated carbocycles. The van der Waals surface area contributed by atoms with Crippen LogP contribution in [-0.4, -0.2) is 27.3 Å². The van der Waals surface area contributed by atoms with Crippen LogP contribution in [0.1, 0.15) is 58.9 Å². The first-order chi connectivity index (χ1) is 11.0. The molecule has 122 valence electrons. The number of rotatable bonds is 7. The normalized spacial score (nSPS) is 10.8. The fourth-order valence-electron chi connectivity index (χ4n) is 2.86. The van der Waals surface area contributed by atoms with Gasteiger partial charge in [0.15, 0.2) is 0 Å². The number of aryl methyl sites for hydroxylation is 1. The highest BCUT2D eigenvalue weighted by Crippen LogP contribution is 2.33. The number of benzene rings is 2. The van der Waals surface area contributed by atoms with Gasteiger partial charge in [-0.1, -0.05) is 38.3 Å². The smallest absolute Gasteiger partial charge is 0.337 e. The van der Waals surface area contributed by atoms with Crippen LogP contribution in [0.3, 0.4) is 0 Å². The predicted molar refractivity (Wildman–Crippen MR) is 87.4 cm³/mol. The van der Waals surface area contributed by atoms with E-state index in [1.165, 1.54) is 12.1 Å². The number of phenolic OH excluding ortho intramolecular Hbond substituents is 1. The third-order valence-corrected chi connectivity index (χ3v) is 3.99. The Bertz CT molecular complexity index is 749. The number of phenols is 1. The van der Waals surface area contributed by atoms with Crippen LogP contribution < -0.4 is 0 Å². The summed E-state index contributed by atoms with van der Waals surface area (Å²) in [5.74, 6) is -2.57. The van der Waals surface area contributed by atoms with Crippen molar-refractivity contribution in [1.82, 2.24) is 0 Å². The molecule has 0 heterocycles. The van der Waals surface area contributed by atoms with E-state index in [2.05, 4.69) is 6.92 Å². The Morgan fingerprint density at radius 3 is 2.26 bits per heavy atom. The maximum Gasteiger partial charge on any atom is 0.337 e. The number of aromatic hydroxyl groups is 1. The summed E-state index contributed by atoms with van der Waals surface area (Å²) in [4.78, 5) is 23.0. The first-order valence-corrected chi connectivity index (χ1v) is 7.71. The summed E-state index contributed by atoms with van der Waals surface area (Å²) in [6, 6.07) is 6.02. The van der Waals surface area contributed by atoms with Crippen LogP contribution in [0.25, 0.3) is 10.8 Å². The minimum Gasteiger partial charge on any atom is -0.508 e. The molecule has 0 unspecified atom stereocenters. The highest BCUT2D eigenvalue weighted by Gasteiger charge is 2.22. The first-order valence-electron chi connectivity index (χ1n) is 7.71. The predicted octanol–water partition coefficient (Wildman–Crippen LogP) is 4.06. The molecule has 0 amide bonds. The van der Waals surface area contributed by atoms with Gasteiger partial charge < -0.3 is 15.3 Å². The summed E-state index contributed by atoms with van der Waals surface area (Å²) in [5.41, 5.74) is 0.000836. The van der Waals surface area contributed by atoms with Gasteiger partial charge in [-0.2, -0.15) is 0 Å². The molecule has 3 N–H and O–H groups in total. The van der Waals surface area contributed by atoms with E-state index >= 15 is 0 Å². The average Bonchev–Trinajstić information content (AvgIpc) is 2.51. The zero-order valence-electron chi connectivity index (χ0n) is 13.0. The van der Waals surface area contributed by atoms with Gasteiger partial charge in [0.1, 0.15) is 5.75 Å². The molecule has 2 aromatic carbocycles. The molecule has 0 aliphatic rings. The molecular formula is C18H20O5. The summed E-state index contributed by atoms with van der Waals surface area (Å²) in [6.07, 6.45) is 4.46. The molecule has 0 atom stereocenters. The summed E-state index contributed by atoms with van der Waals surface area (Å²) in [5, 5.41) is 29.9. The average molecular weight is 316 g/mol. The number of carboxylic acids is 2. The standard InChI is InChI=1S/C18H20O5/c1-2-3-4-5-6-12-14(19)10-8-11-7-9-13(17(20)21)16(15(11)12)18(22)23/h7-10,19H,2-6H2,1H3,(H,20,21)(H,22,23). The van der Waals surface area contributed by atoms with E-state index in [4.69, 9.17) is 0 Å². The molecule has 2 rings (SSSR count). The summed E-state index contributed by atoms with van der Waals surface area (Å²) in [7, 11) is 0. The molecular weight excluding hydrogens is 296 g/mol. The Morgan fingerprint density at radius 1 is 0.957 bits per heavy atom. The second-order valence-corrected chi connectivity index (χ2v) is 5.57. The van der Waals surface area contributed by atoms with E-state index in [0.717, 1.165) is 25.7 Å². The number of fused-ring (bicyclic) bond motifs is 1. The van der Waals surface area contributed by atoms with E-state index in [1.807, 2.05) is 0 Å². The largest absolute Gasteiger partial charge is 0.508 e. The van der Waals surface area contributed by atoms with Gasteiger partial charge in [-0.25, -0.2) is 9.59 Å². The third kappa shape index (κ3) is 3.44. The first kappa shape index (κ1) is 16.8. The minimum absolute atomic E-state index is 0.0130. The summed E-state index contributed by atoms with van der Waals surface area (Å²) < 4.78 is 0. The van der Waals surface area contributed by atoms with E-state index < -0.39 is 11.9 Å². The van der Waals surface area contributed by atoms with Crippen LogP contribution in [0.4, 0.5) is 0 Å². The van der Waals surface area contributed by atoms with Gasteiger partial charge in [-0.3, -0.25) is 0 Å². The summed E-state index contributed by atoms with van der Waals surface area (Å²) in [6.45, 7) is 2.09. The number of carbonyl (C=O) groups is 2. The van der Waals surface area contributed by atoms with E-state index in [9.17, 15) is 24.9 Å². The fraction of sp³-hybridized carbons (Fsp3) is 0.333. The maximum atomic E-state index is 11.6. The van der Waals surface area contributed by atoms with E-state index in [1.54, 1.807) is 12.1 Å². The number of hydrogen-bond acceptors (Lipinski definition) is 3. The van der Waals surface area contributed by atoms with Crippen molar-refractivity contribution in [3.63, 3.8) is 0 Å².